The maximum atomic E-state index is 13.0. The number of nitrogens with one attached hydrogen (secondary N) is 2. The lowest BCUT2D eigenvalue weighted by Gasteiger charge is -2.17. The third kappa shape index (κ3) is 6.34. The minimum Gasteiger partial charge on any atom is -0.491 e. The van der Waals surface area contributed by atoms with Crippen LogP contribution in [0.3, 0.4) is 0 Å². The normalized spacial score (nSPS) is 12.1. The summed E-state index contributed by atoms with van der Waals surface area (Å²) in [7, 11) is -2.34. The van der Waals surface area contributed by atoms with Crippen molar-refractivity contribution in [3.05, 3.63) is 89.5 Å². The summed E-state index contributed by atoms with van der Waals surface area (Å²) >= 11 is 0. The van der Waals surface area contributed by atoms with Crippen molar-refractivity contribution in [2.75, 3.05) is 25.0 Å². The van der Waals surface area contributed by atoms with E-state index in [9.17, 15) is 13.2 Å². The highest BCUT2D eigenvalue weighted by Crippen LogP contribution is 2.25. The summed E-state index contributed by atoms with van der Waals surface area (Å²) in [6, 6.07) is 20.4. The molecule has 0 aromatic heterocycles. The average Bonchev–Trinajstić information content (AvgIpc) is 2.80. The molecule has 0 saturated heterocycles. The highest BCUT2D eigenvalue weighted by molar-refractivity contribution is 7.92. The number of ether oxygens (including phenoxy) is 2. The van der Waals surface area contributed by atoms with Gasteiger partial charge in [-0.2, -0.15) is 0 Å². The molecule has 2 N–H and O–H groups in total. The van der Waals surface area contributed by atoms with E-state index in [0.29, 0.717) is 24.5 Å². The highest BCUT2D eigenvalue weighted by atomic mass is 32.2. The van der Waals surface area contributed by atoms with E-state index >= 15 is 0 Å². The Kier molecular flexibility index (Phi) is 8.08. The molecular formula is C25H28N2O5S. The topological polar surface area (TPSA) is 93.7 Å². The summed E-state index contributed by atoms with van der Waals surface area (Å²) in [6.07, 6.45) is 0. The fourth-order valence-corrected chi connectivity index (χ4v) is 4.42. The number of benzene rings is 3. The number of hydrogen-bond acceptors (Lipinski definition) is 5. The number of hydrogen-bond donors (Lipinski definition) is 2. The minimum absolute atomic E-state index is 0.0759. The molecule has 174 valence electrons. The predicted octanol–water partition coefficient (Wildman–Crippen LogP) is 4.31. The molecule has 0 aliphatic carbocycles. The van der Waals surface area contributed by atoms with Gasteiger partial charge in [0.05, 0.1) is 28.8 Å². The first-order valence-corrected chi connectivity index (χ1v) is 12.0. The van der Waals surface area contributed by atoms with Crippen LogP contribution < -0.4 is 14.8 Å². The van der Waals surface area contributed by atoms with Crippen LogP contribution in [0.2, 0.25) is 0 Å². The van der Waals surface area contributed by atoms with Crippen molar-refractivity contribution >= 4 is 21.6 Å². The second kappa shape index (κ2) is 11.0. The molecule has 0 bridgehead atoms. The predicted molar refractivity (Wildman–Crippen MR) is 128 cm³/mol. The van der Waals surface area contributed by atoms with Gasteiger partial charge in [0, 0.05) is 7.11 Å². The van der Waals surface area contributed by atoms with E-state index in [1.54, 1.807) is 44.4 Å². The first kappa shape index (κ1) is 24.3. The van der Waals surface area contributed by atoms with E-state index in [-0.39, 0.29) is 28.1 Å². The van der Waals surface area contributed by atoms with Gasteiger partial charge in [0.1, 0.15) is 12.4 Å². The summed E-state index contributed by atoms with van der Waals surface area (Å²) in [6.45, 7) is 4.45. The average molecular weight is 469 g/mol. The molecule has 3 aromatic rings. The van der Waals surface area contributed by atoms with Crippen LogP contribution in [-0.4, -0.2) is 34.6 Å². The van der Waals surface area contributed by atoms with Gasteiger partial charge in [0.2, 0.25) is 0 Å². The van der Waals surface area contributed by atoms with Gasteiger partial charge in [0.15, 0.2) is 0 Å². The lowest BCUT2D eigenvalue weighted by molar-refractivity contribution is 0.0941. The Hall–Kier alpha value is -3.36. The van der Waals surface area contributed by atoms with Crippen molar-refractivity contribution in [3.63, 3.8) is 0 Å². The van der Waals surface area contributed by atoms with Gasteiger partial charge >= 0.3 is 0 Å². The zero-order chi connectivity index (χ0) is 23.8. The fourth-order valence-electron chi connectivity index (χ4n) is 3.26. The number of para-hydroxylation sites is 1. The number of rotatable bonds is 10. The molecule has 0 saturated carbocycles. The fraction of sp³-hybridized carbons (Fsp3) is 0.240. The van der Waals surface area contributed by atoms with Crippen molar-refractivity contribution in [1.82, 2.24) is 5.32 Å². The summed E-state index contributed by atoms with van der Waals surface area (Å²) in [5, 5.41) is 2.92. The number of carbonyl (C=O) groups excluding carboxylic acids is 1. The second-order valence-electron chi connectivity index (χ2n) is 7.53. The number of sulfonamides is 1. The Morgan fingerprint density at radius 3 is 2.36 bits per heavy atom. The van der Waals surface area contributed by atoms with Crippen LogP contribution in [0.25, 0.3) is 0 Å². The molecule has 0 heterocycles. The van der Waals surface area contributed by atoms with Crippen molar-refractivity contribution in [2.24, 2.45) is 0 Å². The largest absolute Gasteiger partial charge is 0.491 e. The summed E-state index contributed by atoms with van der Waals surface area (Å²) < 4.78 is 39.2. The van der Waals surface area contributed by atoms with Crippen LogP contribution in [0.15, 0.2) is 77.7 Å². The summed E-state index contributed by atoms with van der Waals surface area (Å²) in [4.78, 5) is 13.0. The molecule has 0 radical (unpaired) electrons. The SMILES string of the molecule is COCCOc1ccc(S(=O)(=O)Nc2ccccc2C(=O)NC(C)c2ccccc2)cc1C. The van der Waals surface area contributed by atoms with Crippen LogP contribution in [0.4, 0.5) is 5.69 Å². The molecule has 3 aromatic carbocycles. The number of methoxy groups -OCH3 is 1. The standard InChI is InChI=1S/C25H28N2O5S/c1-18-17-21(13-14-24(18)32-16-15-31-3)33(29,30)27-23-12-8-7-11-22(23)25(28)26-19(2)20-9-5-4-6-10-20/h4-14,17,19,27H,15-16H2,1-3H3,(H,26,28). The Morgan fingerprint density at radius 1 is 0.970 bits per heavy atom. The third-order valence-corrected chi connectivity index (χ3v) is 6.43. The molecule has 33 heavy (non-hydrogen) atoms. The molecular weight excluding hydrogens is 440 g/mol. The number of carbonyl (C=O) groups is 1. The number of aryl methyl sites for hydroxylation is 1. The third-order valence-electron chi connectivity index (χ3n) is 5.06. The minimum atomic E-state index is -3.92. The second-order valence-corrected chi connectivity index (χ2v) is 9.21. The Balaban J connectivity index is 1.78. The van der Waals surface area contributed by atoms with E-state index in [2.05, 4.69) is 10.0 Å². The van der Waals surface area contributed by atoms with Crippen LogP contribution in [0.5, 0.6) is 5.75 Å². The van der Waals surface area contributed by atoms with E-state index in [4.69, 9.17) is 9.47 Å². The molecule has 7 nitrogen and oxygen atoms in total. The molecule has 3 rings (SSSR count). The maximum Gasteiger partial charge on any atom is 0.261 e. The number of anilines is 1. The molecule has 1 amide bonds. The molecule has 0 aliphatic rings. The first-order valence-electron chi connectivity index (χ1n) is 10.5. The zero-order valence-electron chi connectivity index (χ0n) is 18.9. The lowest BCUT2D eigenvalue weighted by Crippen LogP contribution is -2.28. The van der Waals surface area contributed by atoms with E-state index < -0.39 is 10.0 Å². The summed E-state index contributed by atoms with van der Waals surface area (Å²) in [5.41, 5.74) is 2.07. The van der Waals surface area contributed by atoms with Gasteiger partial charge in [-0.05, 0) is 55.3 Å². The Morgan fingerprint density at radius 2 is 1.67 bits per heavy atom. The lowest BCUT2D eigenvalue weighted by atomic mass is 10.1. The monoisotopic (exact) mass is 468 g/mol. The van der Waals surface area contributed by atoms with Crippen LogP contribution >= 0.6 is 0 Å². The van der Waals surface area contributed by atoms with Crippen molar-refractivity contribution in [2.45, 2.75) is 24.8 Å². The van der Waals surface area contributed by atoms with E-state index in [1.807, 2.05) is 37.3 Å². The Bertz CT molecular complexity index is 1200. The summed E-state index contributed by atoms with van der Waals surface area (Å²) in [5.74, 6) is 0.211. The number of amides is 1. The highest BCUT2D eigenvalue weighted by Gasteiger charge is 2.20. The molecule has 0 aliphatic heterocycles. The van der Waals surface area contributed by atoms with Gasteiger partial charge < -0.3 is 14.8 Å². The molecule has 8 heteroatoms. The van der Waals surface area contributed by atoms with Gasteiger partial charge in [0.25, 0.3) is 15.9 Å². The van der Waals surface area contributed by atoms with Crippen LogP contribution in [0, 0.1) is 6.92 Å². The quantitative estimate of drug-likeness (QED) is 0.433. The maximum absolute atomic E-state index is 13.0. The Labute approximate surface area is 194 Å². The van der Waals surface area contributed by atoms with Gasteiger partial charge in [-0.1, -0.05) is 42.5 Å². The molecule has 1 unspecified atom stereocenters. The smallest absolute Gasteiger partial charge is 0.261 e. The van der Waals surface area contributed by atoms with Crippen molar-refractivity contribution in [1.29, 1.82) is 0 Å². The van der Waals surface area contributed by atoms with E-state index in [0.717, 1.165) is 5.56 Å². The molecule has 0 fully saturated rings. The van der Waals surface area contributed by atoms with E-state index in [1.165, 1.54) is 12.1 Å². The van der Waals surface area contributed by atoms with Gasteiger partial charge in [-0.25, -0.2) is 8.42 Å². The van der Waals surface area contributed by atoms with Crippen LogP contribution in [-0.2, 0) is 14.8 Å². The first-order chi connectivity index (χ1) is 15.8. The molecule has 0 spiro atoms. The van der Waals surface area contributed by atoms with Gasteiger partial charge in [-0.3, -0.25) is 9.52 Å². The van der Waals surface area contributed by atoms with Crippen LogP contribution in [0.1, 0.15) is 34.5 Å². The van der Waals surface area contributed by atoms with Gasteiger partial charge in [-0.15, -0.1) is 0 Å². The van der Waals surface area contributed by atoms with Crippen molar-refractivity contribution in [3.8, 4) is 5.75 Å². The van der Waals surface area contributed by atoms with Crippen molar-refractivity contribution < 1.29 is 22.7 Å². The molecule has 1 atom stereocenters. The zero-order valence-corrected chi connectivity index (χ0v) is 19.7.